The number of amides is 1. The van der Waals surface area contributed by atoms with E-state index < -0.39 is 9.96 Å². The molecule has 0 bridgehead atoms. The average Bonchev–Trinajstić information content (AvgIpc) is 2.50. The first-order chi connectivity index (χ1) is 11.2. The van der Waals surface area contributed by atoms with Crippen LogP contribution in [-0.4, -0.2) is 15.9 Å². The van der Waals surface area contributed by atoms with E-state index in [-0.39, 0.29) is 5.91 Å². The third-order valence-electron chi connectivity index (χ3n) is 3.73. The molecule has 0 aliphatic heterocycles. The molecule has 0 aromatic heterocycles. The highest BCUT2D eigenvalue weighted by atomic mass is 35.6. The van der Waals surface area contributed by atoms with Crippen LogP contribution in [0.2, 0.25) is 0 Å². The van der Waals surface area contributed by atoms with Crippen LogP contribution in [-0.2, 0) is 0 Å². The lowest BCUT2D eigenvalue weighted by molar-refractivity contribution is 0.0942. The molecule has 0 aliphatic carbocycles. The Morgan fingerprint density at radius 3 is 2.12 bits per heavy atom. The Labute approximate surface area is 157 Å². The van der Waals surface area contributed by atoms with E-state index in [0.717, 1.165) is 22.4 Å². The van der Waals surface area contributed by atoms with Gasteiger partial charge in [0.25, 0.3) is 5.91 Å². The smallest absolute Gasteiger partial charge is 0.252 e. The summed E-state index contributed by atoms with van der Waals surface area (Å²) < 4.78 is -1.71. The van der Waals surface area contributed by atoms with Gasteiger partial charge in [0, 0.05) is 11.3 Å². The molecule has 1 unspecified atom stereocenters. The average molecular weight is 386 g/mol. The summed E-state index contributed by atoms with van der Waals surface area (Å²) in [6, 6.07) is 13.0. The number of anilines is 1. The molecule has 0 saturated heterocycles. The normalized spacial score (nSPS) is 12.6. The minimum absolute atomic E-state index is 0.317. The molecular formula is C18H19Cl3N2O. The Morgan fingerprint density at radius 1 is 0.958 bits per heavy atom. The van der Waals surface area contributed by atoms with E-state index in [1.54, 1.807) is 12.1 Å². The standard InChI is InChI=1S/C18H19Cl3N2O/c1-11-4-7-14(8-5-11)16(24)23-17(18(19,20)21)22-15-9-6-12(2)13(3)10-15/h4-10,17,22H,1-3H3,(H,23,24). The summed E-state index contributed by atoms with van der Waals surface area (Å²) in [6.07, 6.45) is -0.876. The highest BCUT2D eigenvalue weighted by Crippen LogP contribution is 2.31. The van der Waals surface area contributed by atoms with Gasteiger partial charge in [-0.1, -0.05) is 58.6 Å². The summed E-state index contributed by atoms with van der Waals surface area (Å²) in [5.74, 6) is -0.317. The molecule has 0 spiro atoms. The molecule has 24 heavy (non-hydrogen) atoms. The van der Waals surface area contributed by atoms with E-state index in [9.17, 15) is 4.79 Å². The third kappa shape index (κ3) is 5.04. The molecule has 3 nitrogen and oxygen atoms in total. The number of nitrogens with one attached hydrogen (secondary N) is 2. The maximum absolute atomic E-state index is 12.4. The zero-order valence-corrected chi connectivity index (χ0v) is 15.9. The summed E-state index contributed by atoms with van der Waals surface area (Å²) in [7, 11) is 0. The molecule has 0 heterocycles. The van der Waals surface area contributed by atoms with Gasteiger partial charge in [0.05, 0.1) is 0 Å². The number of halogens is 3. The van der Waals surface area contributed by atoms with Crippen LogP contribution < -0.4 is 10.6 Å². The molecule has 1 amide bonds. The van der Waals surface area contributed by atoms with Gasteiger partial charge in [-0.05, 0) is 56.2 Å². The fourth-order valence-corrected chi connectivity index (χ4v) is 2.44. The first-order valence-corrected chi connectivity index (χ1v) is 8.58. The maximum Gasteiger partial charge on any atom is 0.252 e. The topological polar surface area (TPSA) is 41.1 Å². The predicted octanol–water partition coefficient (Wildman–Crippen LogP) is 5.15. The van der Waals surface area contributed by atoms with Crippen LogP contribution in [0.3, 0.4) is 0 Å². The molecule has 2 aromatic rings. The van der Waals surface area contributed by atoms with Gasteiger partial charge in [-0.2, -0.15) is 0 Å². The Bertz CT molecular complexity index is 724. The number of benzene rings is 2. The van der Waals surface area contributed by atoms with E-state index in [1.165, 1.54) is 0 Å². The summed E-state index contributed by atoms with van der Waals surface area (Å²) in [6.45, 7) is 5.97. The second-order valence-corrected chi connectivity index (χ2v) is 8.13. The number of alkyl halides is 3. The fourth-order valence-electron chi connectivity index (χ4n) is 2.12. The van der Waals surface area contributed by atoms with Gasteiger partial charge in [-0.3, -0.25) is 4.79 Å². The zero-order valence-electron chi connectivity index (χ0n) is 13.7. The van der Waals surface area contributed by atoms with Crippen molar-refractivity contribution in [3.05, 3.63) is 64.7 Å². The molecular weight excluding hydrogens is 367 g/mol. The zero-order chi connectivity index (χ0) is 17.9. The van der Waals surface area contributed by atoms with Gasteiger partial charge in [0.2, 0.25) is 3.79 Å². The molecule has 0 aliphatic rings. The van der Waals surface area contributed by atoms with E-state index in [1.807, 2.05) is 51.1 Å². The lowest BCUT2D eigenvalue weighted by atomic mass is 10.1. The number of carbonyl (C=O) groups excluding carboxylic acids is 1. The second-order valence-electron chi connectivity index (χ2n) is 5.76. The molecule has 0 radical (unpaired) electrons. The summed E-state index contributed by atoms with van der Waals surface area (Å²) in [4.78, 5) is 12.4. The maximum atomic E-state index is 12.4. The number of carbonyl (C=O) groups is 1. The summed E-state index contributed by atoms with van der Waals surface area (Å²) >= 11 is 18.1. The lowest BCUT2D eigenvalue weighted by Gasteiger charge is -2.27. The summed E-state index contributed by atoms with van der Waals surface area (Å²) in [5, 5.41) is 5.80. The number of rotatable bonds is 4. The van der Waals surface area contributed by atoms with Gasteiger partial charge < -0.3 is 10.6 Å². The van der Waals surface area contributed by atoms with Gasteiger partial charge in [-0.15, -0.1) is 0 Å². The molecule has 0 fully saturated rings. The highest BCUT2D eigenvalue weighted by Gasteiger charge is 2.34. The highest BCUT2D eigenvalue weighted by molar-refractivity contribution is 6.68. The van der Waals surface area contributed by atoms with Crippen LogP contribution in [0.1, 0.15) is 27.0 Å². The Morgan fingerprint density at radius 2 is 1.58 bits per heavy atom. The molecule has 2 N–H and O–H groups in total. The van der Waals surface area contributed by atoms with E-state index in [0.29, 0.717) is 5.56 Å². The van der Waals surface area contributed by atoms with Crippen molar-refractivity contribution in [2.45, 2.75) is 30.7 Å². The number of hydrogen-bond acceptors (Lipinski definition) is 2. The van der Waals surface area contributed by atoms with E-state index in [4.69, 9.17) is 34.8 Å². The molecule has 2 rings (SSSR count). The van der Waals surface area contributed by atoms with Crippen molar-refractivity contribution in [2.24, 2.45) is 0 Å². The van der Waals surface area contributed by atoms with Crippen molar-refractivity contribution in [1.82, 2.24) is 5.32 Å². The SMILES string of the molecule is Cc1ccc(C(=O)NC(Nc2ccc(C)c(C)c2)C(Cl)(Cl)Cl)cc1. The van der Waals surface area contributed by atoms with E-state index >= 15 is 0 Å². The minimum Gasteiger partial charge on any atom is -0.362 e. The van der Waals surface area contributed by atoms with Crippen molar-refractivity contribution in [3.63, 3.8) is 0 Å². The van der Waals surface area contributed by atoms with Crippen molar-refractivity contribution in [3.8, 4) is 0 Å². The molecule has 1 atom stereocenters. The third-order valence-corrected chi connectivity index (χ3v) is 4.39. The van der Waals surface area contributed by atoms with Gasteiger partial charge in [0.15, 0.2) is 0 Å². The van der Waals surface area contributed by atoms with Crippen molar-refractivity contribution in [1.29, 1.82) is 0 Å². The van der Waals surface area contributed by atoms with E-state index in [2.05, 4.69) is 10.6 Å². The van der Waals surface area contributed by atoms with Gasteiger partial charge >= 0.3 is 0 Å². The van der Waals surface area contributed by atoms with Crippen molar-refractivity contribution in [2.75, 3.05) is 5.32 Å². The summed E-state index contributed by atoms with van der Waals surface area (Å²) in [5.41, 5.74) is 4.60. The monoisotopic (exact) mass is 384 g/mol. The lowest BCUT2D eigenvalue weighted by Crippen LogP contribution is -2.49. The molecule has 6 heteroatoms. The minimum atomic E-state index is -1.71. The number of hydrogen-bond donors (Lipinski definition) is 2. The van der Waals surface area contributed by atoms with Crippen LogP contribution in [0.5, 0.6) is 0 Å². The van der Waals surface area contributed by atoms with Crippen LogP contribution in [0.4, 0.5) is 5.69 Å². The second kappa shape index (κ2) is 7.64. The number of aryl methyl sites for hydroxylation is 3. The van der Waals surface area contributed by atoms with Crippen LogP contribution in [0.15, 0.2) is 42.5 Å². The van der Waals surface area contributed by atoms with Crippen LogP contribution in [0, 0.1) is 20.8 Å². The Kier molecular flexibility index (Phi) is 6.02. The first-order valence-electron chi connectivity index (χ1n) is 7.45. The Hall–Kier alpha value is -1.42. The van der Waals surface area contributed by atoms with Gasteiger partial charge in [-0.25, -0.2) is 0 Å². The fraction of sp³-hybridized carbons (Fsp3) is 0.278. The first kappa shape index (κ1) is 18.9. The van der Waals surface area contributed by atoms with Crippen LogP contribution >= 0.6 is 34.8 Å². The molecule has 128 valence electrons. The molecule has 2 aromatic carbocycles. The van der Waals surface area contributed by atoms with Crippen molar-refractivity contribution < 1.29 is 4.79 Å². The van der Waals surface area contributed by atoms with Crippen molar-refractivity contribution >= 4 is 46.4 Å². The largest absolute Gasteiger partial charge is 0.362 e. The predicted molar refractivity (Wildman–Crippen MR) is 102 cm³/mol. The quantitative estimate of drug-likeness (QED) is 0.564. The molecule has 0 saturated carbocycles. The van der Waals surface area contributed by atoms with Gasteiger partial charge in [0.1, 0.15) is 6.17 Å². The Balaban J connectivity index is 2.18. The van der Waals surface area contributed by atoms with Crippen LogP contribution in [0.25, 0.3) is 0 Å².